The third kappa shape index (κ3) is 2.94. The van der Waals surface area contributed by atoms with Gasteiger partial charge in [0.05, 0.1) is 11.4 Å². The van der Waals surface area contributed by atoms with Gasteiger partial charge in [-0.15, -0.1) is 0 Å². The summed E-state index contributed by atoms with van der Waals surface area (Å²) in [5, 5.41) is 5.35. The number of hydrazine groups is 2. The summed E-state index contributed by atoms with van der Waals surface area (Å²) < 4.78 is 0. The average Bonchev–Trinajstić information content (AvgIpc) is 2.98. The molecular formula is C12H14N6O2S. The van der Waals surface area contributed by atoms with E-state index in [1.165, 1.54) is 23.5 Å². The monoisotopic (exact) mass is 306 g/mol. The lowest BCUT2D eigenvalue weighted by atomic mass is 10.1. The molecule has 1 aromatic heterocycles. The van der Waals surface area contributed by atoms with E-state index in [9.17, 15) is 9.59 Å². The summed E-state index contributed by atoms with van der Waals surface area (Å²) in [6.45, 7) is 0. The number of rotatable bonds is 3. The van der Waals surface area contributed by atoms with Gasteiger partial charge in [0.2, 0.25) is 0 Å². The molecule has 0 fully saturated rings. The van der Waals surface area contributed by atoms with Crippen LogP contribution in [0.4, 0.5) is 21.0 Å². The lowest BCUT2D eigenvalue weighted by molar-refractivity contribution is 0.253. The van der Waals surface area contributed by atoms with Crippen LogP contribution in [0.3, 0.4) is 0 Å². The molecule has 0 aliphatic heterocycles. The van der Waals surface area contributed by atoms with E-state index < -0.39 is 12.1 Å². The number of primary amides is 2. The number of carbonyl (C=O) groups excluding carboxylic acids is 2. The molecule has 8 nitrogen and oxygen atoms in total. The Bertz CT molecular complexity index is 672. The fraction of sp³-hybridized carbons (Fsp3) is 0. The lowest BCUT2D eigenvalue weighted by Gasteiger charge is -2.20. The van der Waals surface area contributed by atoms with E-state index in [0.29, 0.717) is 16.9 Å². The molecule has 1 aromatic carbocycles. The van der Waals surface area contributed by atoms with Gasteiger partial charge >= 0.3 is 12.1 Å². The van der Waals surface area contributed by atoms with Gasteiger partial charge in [0.25, 0.3) is 0 Å². The van der Waals surface area contributed by atoms with Crippen LogP contribution < -0.4 is 33.2 Å². The van der Waals surface area contributed by atoms with Gasteiger partial charge in [-0.2, -0.15) is 11.3 Å². The number of amides is 4. The molecule has 0 radical (unpaired) electrons. The maximum Gasteiger partial charge on any atom is 0.333 e. The Kier molecular flexibility index (Phi) is 4.08. The summed E-state index contributed by atoms with van der Waals surface area (Å²) in [7, 11) is 0. The zero-order chi connectivity index (χ0) is 15.6. The molecule has 0 atom stereocenters. The van der Waals surface area contributed by atoms with Crippen LogP contribution in [0.25, 0.3) is 11.1 Å². The van der Waals surface area contributed by atoms with Crippen molar-refractivity contribution in [1.82, 2.24) is 0 Å². The smallest absolute Gasteiger partial charge is 0.333 e. The summed E-state index contributed by atoms with van der Waals surface area (Å²) in [5.74, 6) is 11.2. The molecule has 0 spiro atoms. The maximum atomic E-state index is 11.3. The first-order valence-electron chi connectivity index (χ1n) is 5.77. The van der Waals surface area contributed by atoms with Gasteiger partial charge in [-0.1, -0.05) is 0 Å². The van der Waals surface area contributed by atoms with Gasteiger partial charge in [0.15, 0.2) is 0 Å². The minimum absolute atomic E-state index is 0.366. The predicted molar refractivity (Wildman–Crippen MR) is 82.3 cm³/mol. The topological polar surface area (TPSA) is 145 Å². The molecule has 0 saturated carbocycles. The lowest BCUT2D eigenvalue weighted by Crippen LogP contribution is -2.42. The number of nitrogens with two attached hydrogens (primary N) is 4. The van der Waals surface area contributed by atoms with E-state index in [2.05, 4.69) is 0 Å². The van der Waals surface area contributed by atoms with Crippen LogP contribution >= 0.6 is 11.3 Å². The highest BCUT2D eigenvalue weighted by atomic mass is 32.1. The molecule has 0 bridgehead atoms. The summed E-state index contributed by atoms with van der Waals surface area (Å²) in [6, 6.07) is 4.88. The van der Waals surface area contributed by atoms with Crippen LogP contribution in [-0.2, 0) is 0 Å². The van der Waals surface area contributed by atoms with Gasteiger partial charge in [-0.25, -0.2) is 31.3 Å². The molecule has 1 heterocycles. The van der Waals surface area contributed by atoms with Crippen molar-refractivity contribution < 1.29 is 9.59 Å². The molecule has 0 aliphatic rings. The predicted octanol–water partition coefficient (Wildman–Crippen LogP) is 0.933. The molecule has 2 rings (SSSR count). The van der Waals surface area contributed by atoms with E-state index in [0.717, 1.165) is 15.6 Å². The molecule has 4 amide bonds. The van der Waals surface area contributed by atoms with Crippen LogP contribution in [0.2, 0.25) is 0 Å². The highest BCUT2D eigenvalue weighted by molar-refractivity contribution is 7.08. The van der Waals surface area contributed by atoms with Gasteiger partial charge < -0.3 is 11.5 Å². The van der Waals surface area contributed by atoms with Gasteiger partial charge in [-0.05, 0) is 40.6 Å². The van der Waals surface area contributed by atoms with Crippen molar-refractivity contribution >= 4 is 34.8 Å². The van der Waals surface area contributed by atoms with Gasteiger partial charge in [0.1, 0.15) is 0 Å². The molecule has 2 aromatic rings. The van der Waals surface area contributed by atoms with Crippen molar-refractivity contribution in [3.63, 3.8) is 0 Å². The summed E-state index contributed by atoms with van der Waals surface area (Å²) in [5.41, 5.74) is 12.5. The third-order valence-electron chi connectivity index (χ3n) is 2.82. The third-order valence-corrected chi connectivity index (χ3v) is 3.51. The second kappa shape index (κ2) is 5.79. The van der Waals surface area contributed by atoms with Crippen molar-refractivity contribution in [2.45, 2.75) is 0 Å². The first-order valence-corrected chi connectivity index (χ1v) is 6.71. The van der Waals surface area contributed by atoms with Crippen LogP contribution in [0.1, 0.15) is 0 Å². The fourth-order valence-electron chi connectivity index (χ4n) is 1.78. The number of benzene rings is 1. The first-order chi connectivity index (χ1) is 9.91. The number of hydrogen-bond donors (Lipinski definition) is 4. The van der Waals surface area contributed by atoms with Crippen molar-refractivity contribution in [2.75, 3.05) is 10.0 Å². The number of carbonyl (C=O) groups is 2. The second-order valence-electron chi connectivity index (χ2n) is 4.13. The molecule has 0 saturated heterocycles. The van der Waals surface area contributed by atoms with Gasteiger partial charge in [0, 0.05) is 5.56 Å². The first kappa shape index (κ1) is 14.8. The summed E-state index contributed by atoms with van der Waals surface area (Å²) in [4.78, 5) is 22.4. The van der Waals surface area contributed by atoms with Crippen molar-refractivity contribution in [3.8, 4) is 11.1 Å². The van der Waals surface area contributed by atoms with Crippen molar-refractivity contribution in [3.05, 3.63) is 35.0 Å². The molecule has 21 heavy (non-hydrogen) atoms. The number of nitrogens with zero attached hydrogens (tertiary/aromatic N) is 2. The Balaban J connectivity index is 2.57. The Morgan fingerprint density at radius 1 is 1.00 bits per heavy atom. The number of hydrogen-bond acceptors (Lipinski definition) is 5. The van der Waals surface area contributed by atoms with Crippen LogP contribution in [0.15, 0.2) is 35.0 Å². The highest BCUT2D eigenvalue weighted by Gasteiger charge is 2.17. The maximum absolute atomic E-state index is 11.3. The minimum atomic E-state index is -0.807. The van der Waals surface area contributed by atoms with Crippen molar-refractivity contribution in [2.24, 2.45) is 23.2 Å². The Labute approximate surface area is 124 Å². The van der Waals surface area contributed by atoms with E-state index >= 15 is 0 Å². The average molecular weight is 306 g/mol. The molecule has 8 N–H and O–H groups in total. The van der Waals surface area contributed by atoms with E-state index in [1.807, 2.05) is 16.8 Å². The molecule has 9 heteroatoms. The zero-order valence-electron chi connectivity index (χ0n) is 10.9. The quantitative estimate of drug-likeness (QED) is 0.379. The minimum Gasteiger partial charge on any atom is -0.350 e. The van der Waals surface area contributed by atoms with Gasteiger partial charge in [-0.3, -0.25) is 0 Å². The molecule has 0 aliphatic carbocycles. The van der Waals surface area contributed by atoms with Crippen LogP contribution in [0, 0.1) is 0 Å². The largest absolute Gasteiger partial charge is 0.350 e. The second-order valence-corrected chi connectivity index (χ2v) is 4.91. The molecule has 110 valence electrons. The zero-order valence-corrected chi connectivity index (χ0v) is 11.7. The summed E-state index contributed by atoms with van der Waals surface area (Å²) >= 11 is 1.47. The van der Waals surface area contributed by atoms with E-state index in [-0.39, 0.29) is 0 Å². The number of anilines is 2. The van der Waals surface area contributed by atoms with Crippen LogP contribution in [-0.4, -0.2) is 12.1 Å². The Morgan fingerprint density at radius 3 is 2.19 bits per heavy atom. The SMILES string of the molecule is NC(=O)N(N)c1ccc(N(N)C(N)=O)c(-c2ccsc2)c1. The van der Waals surface area contributed by atoms with Crippen molar-refractivity contribution in [1.29, 1.82) is 0 Å². The Hall–Kier alpha value is -2.62. The Morgan fingerprint density at radius 2 is 1.67 bits per heavy atom. The number of urea groups is 2. The molecule has 0 unspecified atom stereocenters. The van der Waals surface area contributed by atoms with E-state index in [4.69, 9.17) is 23.2 Å². The van der Waals surface area contributed by atoms with Crippen LogP contribution in [0.5, 0.6) is 0 Å². The normalized spacial score (nSPS) is 10.2. The standard InChI is InChI=1S/C12H14N6O2S/c13-11(19)17(15)8-1-2-10(18(16)12(14)20)9(5-8)7-3-4-21-6-7/h1-6H,15-16H2,(H2,13,19)(H2,14,20). The number of thiophene rings is 1. The van der Waals surface area contributed by atoms with E-state index in [1.54, 1.807) is 6.07 Å². The summed E-state index contributed by atoms with van der Waals surface area (Å²) in [6.07, 6.45) is 0. The fourth-order valence-corrected chi connectivity index (χ4v) is 2.43. The molecular weight excluding hydrogens is 292 g/mol. The highest BCUT2D eigenvalue weighted by Crippen LogP contribution is 2.34.